The van der Waals surface area contributed by atoms with Crippen LogP contribution in [-0.2, 0) is 6.54 Å². The Labute approximate surface area is 97.2 Å². The van der Waals surface area contributed by atoms with Gasteiger partial charge in [-0.25, -0.2) is 4.99 Å². The molecule has 1 rings (SSSR count). The molecule has 4 heteroatoms. The smallest absolute Gasteiger partial charge is 0.191 e. The second kappa shape index (κ2) is 4.96. The summed E-state index contributed by atoms with van der Waals surface area (Å²) in [5.41, 5.74) is 6.94. The Morgan fingerprint density at radius 3 is 2.44 bits per heavy atom. The van der Waals surface area contributed by atoms with Crippen molar-refractivity contribution in [2.45, 2.75) is 32.9 Å². The molecule has 1 aromatic heterocycles. The van der Waals surface area contributed by atoms with Crippen molar-refractivity contribution < 1.29 is 0 Å². The summed E-state index contributed by atoms with van der Waals surface area (Å²) in [5.74, 6) is 0.560. The first-order chi connectivity index (χ1) is 7.38. The van der Waals surface area contributed by atoms with Gasteiger partial charge >= 0.3 is 0 Å². The Morgan fingerprint density at radius 1 is 1.38 bits per heavy atom. The number of rotatable bonds is 2. The van der Waals surface area contributed by atoms with E-state index in [0.717, 1.165) is 6.54 Å². The molecule has 0 fully saturated rings. The van der Waals surface area contributed by atoms with Crippen LogP contribution < -0.4 is 5.73 Å². The summed E-state index contributed by atoms with van der Waals surface area (Å²) in [6.07, 6.45) is 3.56. The Morgan fingerprint density at radius 2 is 1.94 bits per heavy atom. The molecular formula is C12H20N4. The van der Waals surface area contributed by atoms with Crippen LogP contribution in [0.4, 0.5) is 0 Å². The largest absolute Gasteiger partial charge is 0.370 e. The lowest BCUT2D eigenvalue weighted by Crippen LogP contribution is -2.35. The maximum atomic E-state index is 5.91. The zero-order valence-corrected chi connectivity index (χ0v) is 10.4. The lowest BCUT2D eigenvalue weighted by molar-refractivity contribution is 0.474. The summed E-state index contributed by atoms with van der Waals surface area (Å²) in [6.45, 7) is 6.83. The second-order valence-corrected chi connectivity index (χ2v) is 4.85. The Kier molecular flexibility index (Phi) is 3.88. The van der Waals surface area contributed by atoms with Crippen LogP contribution in [0.1, 0.15) is 26.3 Å². The van der Waals surface area contributed by atoms with E-state index in [4.69, 9.17) is 5.73 Å². The molecule has 0 atom stereocenters. The first-order valence-electron chi connectivity index (χ1n) is 5.34. The van der Waals surface area contributed by atoms with Crippen molar-refractivity contribution in [3.8, 4) is 0 Å². The van der Waals surface area contributed by atoms with Gasteiger partial charge in [-0.3, -0.25) is 4.98 Å². The van der Waals surface area contributed by atoms with Crippen molar-refractivity contribution in [2.24, 2.45) is 10.7 Å². The summed E-state index contributed by atoms with van der Waals surface area (Å²) in [5, 5.41) is 0. The number of nitrogens with two attached hydrogens (primary N) is 1. The van der Waals surface area contributed by atoms with Crippen LogP contribution in [0.25, 0.3) is 0 Å². The highest BCUT2D eigenvalue weighted by molar-refractivity contribution is 5.78. The van der Waals surface area contributed by atoms with Gasteiger partial charge in [-0.2, -0.15) is 0 Å². The van der Waals surface area contributed by atoms with E-state index in [2.05, 4.69) is 9.98 Å². The molecule has 0 saturated carbocycles. The van der Waals surface area contributed by atoms with Gasteiger partial charge in [-0.15, -0.1) is 0 Å². The number of hydrogen-bond donors (Lipinski definition) is 1. The van der Waals surface area contributed by atoms with Gasteiger partial charge in [-0.05, 0) is 38.5 Å². The van der Waals surface area contributed by atoms with Gasteiger partial charge in [0.15, 0.2) is 5.96 Å². The molecule has 0 aliphatic rings. The molecule has 4 nitrogen and oxygen atoms in total. The Hall–Kier alpha value is -1.58. The summed E-state index contributed by atoms with van der Waals surface area (Å²) in [7, 11) is 1.94. The summed E-state index contributed by atoms with van der Waals surface area (Å²) < 4.78 is 0. The van der Waals surface area contributed by atoms with Crippen LogP contribution in [-0.4, -0.2) is 28.4 Å². The highest BCUT2D eigenvalue weighted by Gasteiger charge is 2.10. The molecule has 0 aliphatic carbocycles. The minimum atomic E-state index is -0.142. The maximum absolute atomic E-state index is 5.91. The van der Waals surface area contributed by atoms with E-state index in [9.17, 15) is 0 Å². The molecule has 0 aromatic carbocycles. The molecule has 2 N–H and O–H groups in total. The summed E-state index contributed by atoms with van der Waals surface area (Å²) >= 11 is 0. The quantitative estimate of drug-likeness (QED) is 0.608. The van der Waals surface area contributed by atoms with Crippen LogP contribution in [0, 0.1) is 0 Å². The lowest BCUT2D eigenvalue weighted by Gasteiger charge is -2.21. The van der Waals surface area contributed by atoms with Gasteiger partial charge < -0.3 is 10.6 Å². The van der Waals surface area contributed by atoms with Gasteiger partial charge in [-0.1, -0.05) is 0 Å². The van der Waals surface area contributed by atoms with Crippen molar-refractivity contribution in [3.05, 3.63) is 30.1 Å². The number of aliphatic imine (C=N–C) groups is 1. The average Bonchev–Trinajstić information content (AvgIpc) is 2.16. The summed E-state index contributed by atoms with van der Waals surface area (Å²) in [6, 6.07) is 3.95. The summed E-state index contributed by atoms with van der Waals surface area (Å²) in [4.78, 5) is 10.3. The molecule has 1 aromatic rings. The molecular weight excluding hydrogens is 200 g/mol. The predicted molar refractivity (Wildman–Crippen MR) is 67.1 cm³/mol. The molecule has 0 unspecified atom stereocenters. The maximum Gasteiger partial charge on any atom is 0.191 e. The molecule has 0 bridgehead atoms. The normalized spacial score (nSPS) is 12.6. The number of pyridine rings is 1. The topological polar surface area (TPSA) is 54.5 Å². The standard InChI is InChI=1S/C12H20N4/c1-12(2,3)15-11(13)16(4)9-10-5-7-14-8-6-10/h5-8H,9H2,1-4H3,(H2,13,15). The molecule has 1 heterocycles. The number of hydrogen-bond acceptors (Lipinski definition) is 2. The first-order valence-corrected chi connectivity index (χ1v) is 5.34. The SMILES string of the molecule is CN(Cc1ccncc1)C(N)=NC(C)(C)C. The van der Waals surface area contributed by atoms with Gasteiger partial charge in [0.05, 0.1) is 5.54 Å². The predicted octanol–water partition coefficient (Wildman–Crippen LogP) is 1.63. The minimum absolute atomic E-state index is 0.142. The van der Waals surface area contributed by atoms with Crippen LogP contribution in [0.2, 0.25) is 0 Å². The minimum Gasteiger partial charge on any atom is -0.370 e. The zero-order valence-electron chi connectivity index (χ0n) is 10.4. The van der Waals surface area contributed by atoms with E-state index in [-0.39, 0.29) is 5.54 Å². The zero-order chi connectivity index (χ0) is 12.2. The van der Waals surface area contributed by atoms with Crippen molar-refractivity contribution in [3.63, 3.8) is 0 Å². The van der Waals surface area contributed by atoms with Gasteiger partial charge in [0.2, 0.25) is 0 Å². The van der Waals surface area contributed by atoms with Crippen LogP contribution >= 0.6 is 0 Å². The van der Waals surface area contributed by atoms with E-state index in [1.54, 1.807) is 12.4 Å². The second-order valence-electron chi connectivity index (χ2n) is 4.85. The van der Waals surface area contributed by atoms with Crippen molar-refractivity contribution in [1.29, 1.82) is 0 Å². The molecule has 0 radical (unpaired) electrons. The molecule has 88 valence electrons. The highest BCUT2D eigenvalue weighted by Crippen LogP contribution is 2.07. The van der Waals surface area contributed by atoms with Crippen molar-refractivity contribution in [2.75, 3.05) is 7.05 Å². The van der Waals surface area contributed by atoms with E-state index in [1.807, 2.05) is 44.9 Å². The van der Waals surface area contributed by atoms with Crippen LogP contribution in [0.5, 0.6) is 0 Å². The fourth-order valence-corrected chi connectivity index (χ4v) is 1.27. The fourth-order valence-electron chi connectivity index (χ4n) is 1.27. The molecule has 0 aliphatic heterocycles. The fraction of sp³-hybridized carbons (Fsp3) is 0.500. The third-order valence-electron chi connectivity index (χ3n) is 2.01. The highest BCUT2D eigenvalue weighted by atomic mass is 15.2. The molecule has 0 spiro atoms. The third-order valence-corrected chi connectivity index (χ3v) is 2.01. The van der Waals surface area contributed by atoms with E-state index in [1.165, 1.54) is 5.56 Å². The lowest BCUT2D eigenvalue weighted by atomic mass is 10.1. The Bertz CT molecular complexity index is 351. The van der Waals surface area contributed by atoms with Crippen molar-refractivity contribution in [1.82, 2.24) is 9.88 Å². The van der Waals surface area contributed by atoms with Crippen molar-refractivity contribution >= 4 is 5.96 Å². The van der Waals surface area contributed by atoms with E-state index < -0.39 is 0 Å². The number of guanidine groups is 1. The van der Waals surface area contributed by atoms with Crippen LogP contribution in [0.3, 0.4) is 0 Å². The van der Waals surface area contributed by atoms with Gasteiger partial charge in [0.25, 0.3) is 0 Å². The number of aromatic nitrogens is 1. The Balaban J connectivity index is 2.66. The van der Waals surface area contributed by atoms with E-state index in [0.29, 0.717) is 5.96 Å². The molecule has 16 heavy (non-hydrogen) atoms. The molecule has 0 amide bonds. The molecule has 0 saturated heterocycles. The third kappa shape index (κ3) is 4.29. The monoisotopic (exact) mass is 220 g/mol. The first kappa shape index (κ1) is 12.5. The van der Waals surface area contributed by atoms with Gasteiger partial charge in [0.1, 0.15) is 0 Å². The van der Waals surface area contributed by atoms with Gasteiger partial charge in [0, 0.05) is 26.0 Å². The number of nitrogens with zero attached hydrogens (tertiary/aromatic N) is 3. The van der Waals surface area contributed by atoms with E-state index >= 15 is 0 Å². The van der Waals surface area contributed by atoms with Crippen LogP contribution in [0.15, 0.2) is 29.5 Å². The average molecular weight is 220 g/mol.